The van der Waals surface area contributed by atoms with Crippen molar-refractivity contribution in [2.75, 3.05) is 0 Å². The van der Waals surface area contributed by atoms with E-state index >= 15 is 0 Å². The van der Waals surface area contributed by atoms with Crippen molar-refractivity contribution >= 4 is 12.6 Å². The number of aliphatic hydroxyl groups excluding tert-OH is 1. The van der Waals surface area contributed by atoms with Crippen LogP contribution in [-0.4, -0.2) is 5.11 Å². The summed E-state index contributed by atoms with van der Waals surface area (Å²) in [5, 5.41) is 9.30. The Morgan fingerprint density at radius 2 is 1.56 bits per heavy atom. The summed E-state index contributed by atoms with van der Waals surface area (Å²) in [6.45, 7) is 0.0556. The molecule has 16 heavy (non-hydrogen) atoms. The lowest BCUT2D eigenvalue weighted by Crippen LogP contribution is -1.98. The Labute approximate surface area is 101 Å². The molecule has 2 rings (SSSR count). The van der Waals surface area contributed by atoms with E-state index in [1.54, 1.807) is 0 Å². The zero-order valence-electron chi connectivity index (χ0n) is 8.88. The number of aliphatic hydroxyl groups is 1. The van der Waals surface area contributed by atoms with Crippen LogP contribution in [0.1, 0.15) is 21.9 Å². The Bertz CT molecular complexity index is 453. The SMILES string of the molecule is OCc1ccccc1C(S)c1ccccc1. The molecule has 0 spiro atoms. The molecule has 0 heterocycles. The molecule has 0 aromatic heterocycles. The van der Waals surface area contributed by atoms with Crippen LogP contribution in [-0.2, 0) is 6.61 Å². The topological polar surface area (TPSA) is 20.2 Å². The predicted molar refractivity (Wildman–Crippen MR) is 69.6 cm³/mol. The highest BCUT2D eigenvalue weighted by Crippen LogP contribution is 2.30. The lowest BCUT2D eigenvalue weighted by atomic mass is 9.99. The molecule has 0 fully saturated rings. The average molecular weight is 230 g/mol. The number of rotatable bonds is 3. The van der Waals surface area contributed by atoms with Gasteiger partial charge in [0.1, 0.15) is 0 Å². The second-order valence-corrected chi connectivity index (χ2v) is 4.19. The molecule has 1 N–H and O–H groups in total. The first-order valence-corrected chi connectivity index (χ1v) is 5.76. The van der Waals surface area contributed by atoms with Gasteiger partial charge in [-0.3, -0.25) is 0 Å². The number of benzene rings is 2. The van der Waals surface area contributed by atoms with E-state index in [1.165, 1.54) is 0 Å². The molecule has 0 saturated carbocycles. The van der Waals surface area contributed by atoms with E-state index in [0.717, 1.165) is 16.7 Å². The highest BCUT2D eigenvalue weighted by atomic mass is 32.1. The van der Waals surface area contributed by atoms with Crippen molar-refractivity contribution in [3.8, 4) is 0 Å². The summed E-state index contributed by atoms with van der Waals surface area (Å²) < 4.78 is 0. The molecule has 2 heteroatoms. The van der Waals surface area contributed by atoms with Crippen LogP contribution in [0.15, 0.2) is 54.6 Å². The van der Waals surface area contributed by atoms with Gasteiger partial charge in [-0.2, -0.15) is 12.6 Å². The van der Waals surface area contributed by atoms with Gasteiger partial charge < -0.3 is 5.11 Å². The largest absolute Gasteiger partial charge is 0.392 e. The standard InChI is InChI=1S/C14H14OS/c15-10-12-8-4-5-9-13(12)14(16)11-6-2-1-3-7-11/h1-9,14-16H,10H2. The molecule has 2 aromatic carbocycles. The summed E-state index contributed by atoms with van der Waals surface area (Å²) in [6, 6.07) is 17.9. The van der Waals surface area contributed by atoms with Crippen LogP contribution in [0.2, 0.25) is 0 Å². The van der Waals surface area contributed by atoms with Gasteiger partial charge in [0.2, 0.25) is 0 Å². The third-order valence-electron chi connectivity index (χ3n) is 2.64. The first kappa shape index (κ1) is 11.2. The number of thiol groups is 1. The Hall–Kier alpha value is -1.25. The maximum Gasteiger partial charge on any atom is 0.0685 e. The van der Waals surface area contributed by atoms with E-state index in [-0.39, 0.29) is 11.9 Å². The summed E-state index contributed by atoms with van der Waals surface area (Å²) in [5.74, 6) is 0. The molecule has 1 atom stereocenters. The molecule has 82 valence electrons. The number of hydrogen-bond acceptors (Lipinski definition) is 2. The maximum absolute atomic E-state index is 9.28. The van der Waals surface area contributed by atoms with Crippen molar-refractivity contribution in [1.82, 2.24) is 0 Å². The fourth-order valence-corrected chi connectivity index (χ4v) is 2.18. The van der Waals surface area contributed by atoms with Gasteiger partial charge in [0, 0.05) is 0 Å². The molecular weight excluding hydrogens is 216 g/mol. The highest BCUT2D eigenvalue weighted by Gasteiger charge is 2.11. The van der Waals surface area contributed by atoms with Gasteiger partial charge in [-0.15, -0.1) is 0 Å². The molecule has 0 radical (unpaired) electrons. The molecule has 2 aromatic rings. The fourth-order valence-electron chi connectivity index (χ4n) is 1.76. The summed E-state index contributed by atoms with van der Waals surface area (Å²) in [5.41, 5.74) is 3.15. The zero-order chi connectivity index (χ0) is 11.4. The Kier molecular flexibility index (Phi) is 3.65. The van der Waals surface area contributed by atoms with Crippen LogP contribution in [0, 0.1) is 0 Å². The maximum atomic E-state index is 9.28. The molecule has 0 amide bonds. The van der Waals surface area contributed by atoms with E-state index in [9.17, 15) is 5.11 Å². The Morgan fingerprint density at radius 3 is 2.25 bits per heavy atom. The van der Waals surface area contributed by atoms with Crippen LogP contribution in [0.5, 0.6) is 0 Å². The Morgan fingerprint density at radius 1 is 0.938 bits per heavy atom. The lowest BCUT2D eigenvalue weighted by Gasteiger charge is -2.14. The first-order chi connectivity index (χ1) is 7.83. The monoisotopic (exact) mass is 230 g/mol. The Balaban J connectivity index is 2.37. The van der Waals surface area contributed by atoms with E-state index in [2.05, 4.69) is 12.6 Å². The normalized spacial score (nSPS) is 12.4. The van der Waals surface area contributed by atoms with Crippen LogP contribution >= 0.6 is 12.6 Å². The van der Waals surface area contributed by atoms with Crippen LogP contribution in [0.25, 0.3) is 0 Å². The van der Waals surface area contributed by atoms with Gasteiger partial charge in [0.05, 0.1) is 11.9 Å². The summed E-state index contributed by atoms with van der Waals surface area (Å²) in [7, 11) is 0. The van der Waals surface area contributed by atoms with Crippen LogP contribution < -0.4 is 0 Å². The van der Waals surface area contributed by atoms with Crippen LogP contribution in [0.4, 0.5) is 0 Å². The molecule has 0 saturated heterocycles. The summed E-state index contributed by atoms with van der Waals surface area (Å²) in [6.07, 6.45) is 0. The van der Waals surface area contributed by atoms with Gasteiger partial charge in [-0.05, 0) is 16.7 Å². The van der Waals surface area contributed by atoms with E-state index in [0.29, 0.717) is 0 Å². The van der Waals surface area contributed by atoms with Crippen molar-refractivity contribution in [3.05, 3.63) is 71.3 Å². The van der Waals surface area contributed by atoms with Gasteiger partial charge >= 0.3 is 0 Å². The average Bonchev–Trinajstić information content (AvgIpc) is 2.39. The third-order valence-corrected chi connectivity index (χ3v) is 3.21. The van der Waals surface area contributed by atoms with E-state index in [1.807, 2.05) is 54.6 Å². The molecule has 0 aliphatic rings. The summed E-state index contributed by atoms with van der Waals surface area (Å²) in [4.78, 5) is 0. The molecular formula is C14H14OS. The van der Waals surface area contributed by atoms with Crippen molar-refractivity contribution < 1.29 is 5.11 Å². The fraction of sp³-hybridized carbons (Fsp3) is 0.143. The van der Waals surface area contributed by atoms with Crippen LogP contribution in [0.3, 0.4) is 0 Å². The quantitative estimate of drug-likeness (QED) is 0.776. The second-order valence-electron chi connectivity index (χ2n) is 3.67. The van der Waals surface area contributed by atoms with Crippen molar-refractivity contribution in [2.24, 2.45) is 0 Å². The first-order valence-electron chi connectivity index (χ1n) is 5.24. The molecule has 1 unspecified atom stereocenters. The van der Waals surface area contributed by atoms with E-state index in [4.69, 9.17) is 0 Å². The summed E-state index contributed by atoms with van der Waals surface area (Å²) >= 11 is 4.62. The highest BCUT2D eigenvalue weighted by molar-refractivity contribution is 7.80. The van der Waals surface area contributed by atoms with Gasteiger partial charge in [-0.25, -0.2) is 0 Å². The second kappa shape index (κ2) is 5.19. The lowest BCUT2D eigenvalue weighted by molar-refractivity contribution is 0.280. The van der Waals surface area contributed by atoms with Crippen molar-refractivity contribution in [3.63, 3.8) is 0 Å². The minimum Gasteiger partial charge on any atom is -0.392 e. The van der Waals surface area contributed by atoms with Gasteiger partial charge in [0.15, 0.2) is 0 Å². The minimum absolute atomic E-state index is 0.0181. The molecule has 0 aliphatic carbocycles. The molecule has 1 nitrogen and oxygen atoms in total. The van der Waals surface area contributed by atoms with Gasteiger partial charge in [0.25, 0.3) is 0 Å². The minimum atomic E-state index is 0.0181. The zero-order valence-corrected chi connectivity index (χ0v) is 9.77. The predicted octanol–water partition coefficient (Wildman–Crippen LogP) is 3.20. The number of hydrogen-bond donors (Lipinski definition) is 2. The van der Waals surface area contributed by atoms with Crippen molar-refractivity contribution in [2.45, 2.75) is 11.9 Å². The smallest absolute Gasteiger partial charge is 0.0685 e. The third kappa shape index (κ3) is 2.29. The van der Waals surface area contributed by atoms with E-state index < -0.39 is 0 Å². The van der Waals surface area contributed by atoms with Crippen molar-refractivity contribution in [1.29, 1.82) is 0 Å². The molecule has 0 aliphatic heterocycles. The van der Waals surface area contributed by atoms with Gasteiger partial charge in [-0.1, -0.05) is 54.6 Å². The molecule has 0 bridgehead atoms.